The molecule has 2 aromatic rings. The lowest BCUT2D eigenvalue weighted by Gasteiger charge is -2.20. The van der Waals surface area contributed by atoms with Gasteiger partial charge in [0.2, 0.25) is 0 Å². The molecule has 0 saturated carbocycles. The van der Waals surface area contributed by atoms with Crippen molar-refractivity contribution in [3.8, 4) is 5.75 Å². The third-order valence-corrected chi connectivity index (χ3v) is 3.10. The summed E-state index contributed by atoms with van der Waals surface area (Å²) in [5, 5.41) is 3.33. The maximum atomic E-state index is 5.43. The van der Waals surface area contributed by atoms with E-state index in [0.717, 1.165) is 17.0 Å². The third-order valence-electron chi connectivity index (χ3n) is 3.10. The first-order chi connectivity index (χ1) is 8.77. The summed E-state index contributed by atoms with van der Waals surface area (Å²) in [5.74, 6) is 0.889. The number of aryl methyl sites for hydroxylation is 1. The molecule has 1 unspecified atom stereocenters. The monoisotopic (exact) mass is 242 g/mol. The molecule has 0 aliphatic rings. The number of aromatic nitrogens is 1. The highest BCUT2D eigenvalue weighted by Gasteiger charge is 2.17. The summed E-state index contributed by atoms with van der Waals surface area (Å²) in [6.45, 7) is 2.02. The van der Waals surface area contributed by atoms with Crippen molar-refractivity contribution in [1.82, 2.24) is 10.3 Å². The van der Waals surface area contributed by atoms with Crippen LogP contribution in [0.3, 0.4) is 0 Å². The van der Waals surface area contributed by atoms with Gasteiger partial charge >= 0.3 is 0 Å². The molecule has 0 amide bonds. The van der Waals surface area contributed by atoms with Crippen LogP contribution in [0.4, 0.5) is 0 Å². The number of ether oxygens (including phenoxy) is 1. The Balaban J connectivity index is 2.49. The molecule has 18 heavy (non-hydrogen) atoms. The van der Waals surface area contributed by atoms with Gasteiger partial charge in [-0.1, -0.05) is 24.3 Å². The van der Waals surface area contributed by atoms with Crippen LogP contribution in [-0.2, 0) is 0 Å². The van der Waals surface area contributed by atoms with Crippen molar-refractivity contribution in [1.29, 1.82) is 0 Å². The average molecular weight is 242 g/mol. The van der Waals surface area contributed by atoms with E-state index in [9.17, 15) is 0 Å². The van der Waals surface area contributed by atoms with Gasteiger partial charge in [0, 0.05) is 17.5 Å². The van der Waals surface area contributed by atoms with Gasteiger partial charge in [-0.3, -0.25) is 4.98 Å². The molecule has 2 rings (SSSR count). The fourth-order valence-electron chi connectivity index (χ4n) is 2.19. The number of methoxy groups -OCH3 is 1. The summed E-state index contributed by atoms with van der Waals surface area (Å²) in [7, 11) is 3.64. The number of nitrogens with one attached hydrogen (secondary N) is 1. The zero-order valence-electron chi connectivity index (χ0n) is 11.0. The normalized spacial score (nSPS) is 12.2. The number of rotatable bonds is 4. The first-order valence-electron chi connectivity index (χ1n) is 5.99. The predicted molar refractivity (Wildman–Crippen MR) is 72.9 cm³/mol. The van der Waals surface area contributed by atoms with Gasteiger partial charge in [-0.05, 0) is 31.7 Å². The second-order valence-electron chi connectivity index (χ2n) is 4.14. The first-order valence-corrected chi connectivity index (χ1v) is 5.99. The largest absolute Gasteiger partial charge is 0.496 e. The lowest BCUT2D eigenvalue weighted by atomic mass is 9.97. The SMILES string of the molecule is CNC(c1ccccc1OC)c1cccnc1C. The molecule has 0 aliphatic carbocycles. The minimum absolute atomic E-state index is 0.0925. The van der Waals surface area contributed by atoms with Crippen molar-refractivity contribution in [3.05, 3.63) is 59.4 Å². The van der Waals surface area contributed by atoms with Crippen molar-refractivity contribution in [2.24, 2.45) is 0 Å². The van der Waals surface area contributed by atoms with Gasteiger partial charge in [0.25, 0.3) is 0 Å². The van der Waals surface area contributed by atoms with Crippen LogP contribution in [0.25, 0.3) is 0 Å². The quantitative estimate of drug-likeness (QED) is 0.895. The fraction of sp³-hybridized carbons (Fsp3) is 0.267. The highest BCUT2D eigenvalue weighted by atomic mass is 16.5. The van der Waals surface area contributed by atoms with E-state index >= 15 is 0 Å². The van der Waals surface area contributed by atoms with Crippen LogP contribution >= 0.6 is 0 Å². The Morgan fingerprint density at radius 3 is 2.50 bits per heavy atom. The predicted octanol–water partition coefficient (Wildman–Crippen LogP) is 2.71. The molecule has 1 N–H and O–H groups in total. The molecule has 1 atom stereocenters. The highest BCUT2D eigenvalue weighted by molar-refractivity contribution is 5.42. The Hall–Kier alpha value is -1.87. The molecule has 3 heteroatoms. The standard InChI is InChI=1S/C15H18N2O/c1-11-12(8-6-10-17-11)15(16-2)13-7-4-5-9-14(13)18-3/h4-10,15-16H,1-3H3. The van der Waals surface area contributed by atoms with Crippen LogP contribution in [0, 0.1) is 6.92 Å². The zero-order valence-corrected chi connectivity index (χ0v) is 11.0. The summed E-state index contributed by atoms with van der Waals surface area (Å²) in [5.41, 5.74) is 3.32. The van der Waals surface area contributed by atoms with E-state index in [4.69, 9.17) is 4.74 Å². The van der Waals surface area contributed by atoms with Crippen LogP contribution in [0.1, 0.15) is 22.9 Å². The van der Waals surface area contributed by atoms with E-state index in [0.29, 0.717) is 0 Å². The van der Waals surface area contributed by atoms with Crippen molar-refractivity contribution in [2.45, 2.75) is 13.0 Å². The van der Waals surface area contributed by atoms with Crippen molar-refractivity contribution < 1.29 is 4.74 Å². The van der Waals surface area contributed by atoms with Gasteiger partial charge in [0.15, 0.2) is 0 Å². The van der Waals surface area contributed by atoms with Crippen LogP contribution in [-0.4, -0.2) is 19.1 Å². The number of pyridine rings is 1. The van der Waals surface area contributed by atoms with Gasteiger partial charge in [-0.25, -0.2) is 0 Å². The first kappa shape index (κ1) is 12.6. The van der Waals surface area contributed by atoms with E-state index in [1.807, 2.05) is 44.4 Å². The second-order valence-corrected chi connectivity index (χ2v) is 4.14. The maximum Gasteiger partial charge on any atom is 0.123 e. The van der Waals surface area contributed by atoms with Crippen LogP contribution < -0.4 is 10.1 Å². The lowest BCUT2D eigenvalue weighted by Crippen LogP contribution is -2.19. The Morgan fingerprint density at radius 2 is 1.83 bits per heavy atom. The van der Waals surface area contributed by atoms with Crippen molar-refractivity contribution >= 4 is 0 Å². The smallest absolute Gasteiger partial charge is 0.123 e. The summed E-state index contributed by atoms with van der Waals surface area (Å²) < 4.78 is 5.43. The molecule has 1 heterocycles. The summed E-state index contributed by atoms with van der Waals surface area (Å²) in [4.78, 5) is 4.35. The summed E-state index contributed by atoms with van der Waals surface area (Å²) in [6, 6.07) is 12.2. The van der Waals surface area contributed by atoms with Crippen molar-refractivity contribution in [3.63, 3.8) is 0 Å². The summed E-state index contributed by atoms with van der Waals surface area (Å²) in [6.07, 6.45) is 1.81. The molecule has 0 saturated heterocycles. The summed E-state index contributed by atoms with van der Waals surface area (Å²) >= 11 is 0. The highest BCUT2D eigenvalue weighted by Crippen LogP contribution is 2.30. The number of para-hydroxylation sites is 1. The molecule has 0 radical (unpaired) electrons. The Bertz CT molecular complexity index is 525. The molecule has 0 bridgehead atoms. The lowest BCUT2D eigenvalue weighted by molar-refractivity contribution is 0.405. The third kappa shape index (κ3) is 2.36. The Labute approximate surface area is 108 Å². The fourth-order valence-corrected chi connectivity index (χ4v) is 2.19. The van der Waals surface area contributed by atoms with Gasteiger partial charge in [0.05, 0.1) is 13.2 Å². The van der Waals surface area contributed by atoms with Gasteiger partial charge < -0.3 is 10.1 Å². The second kappa shape index (κ2) is 5.65. The Kier molecular flexibility index (Phi) is 3.95. The van der Waals surface area contributed by atoms with Crippen LogP contribution in [0.5, 0.6) is 5.75 Å². The number of nitrogens with zero attached hydrogens (tertiary/aromatic N) is 1. The van der Waals surface area contributed by atoms with Gasteiger partial charge in [-0.15, -0.1) is 0 Å². The molecule has 3 nitrogen and oxygen atoms in total. The minimum Gasteiger partial charge on any atom is -0.496 e. The van der Waals surface area contributed by atoms with E-state index in [2.05, 4.69) is 22.4 Å². The number of hydrogen-bond acceptors (Lipinski definition) is 3. The van der Waals surface area contributed by atoms with Gasteiger partial charge in [0.1, 0.15) is 5.75 Å². The van der Waals surface area contributed by atoms with E-state index < -0.39 is 0 Å². The van der Waals surface area contributed by atoms with E-state index in [-0.39, 0.29) is 6.04 Å². The molecule has 0 fully saturated rings. The average Bonchev–Trinajstić information content (AvgIpc) is 2.42. The molecule has 1 aromatic heterocycles. The topological polar surface area (TPSA) is 34.1 Å². The number of benzene rings is 1. The molecular weight excluding hydrogens is 224 g/mol. The minimum atomic E-state index is 0.0925. The number of hydrogen-bond donors (Lipinski definition) is 1. The molecule has 0 spiro atoms. The molecule has 94 valence electrons. The van der Waals surface area contributed by atoms with E-state index in [1.165, 1.54) is 5.56 Å². The maximum absolute atomic E-state index is 5.43. The zero-order chi connectivity index (χ0) is 13.0. The van der Waals surface area contributed by atoms with Gasteiger partial charge in [-0.2, -0.15) is 0 Å². The molecule has 0 aliphatic heterocycles. The molecule has 1 aromatic carbocycles. The molecular formula is C15H18N2O. The van der Waals surface area contributed by atoms with Crippen molar-refractivity contribution in [2.75, 3.05) is 14.2 Å². The van der Waals surface area contributed by atoms with Crippen LogP contribution in [0.15, 0.2) is 42.6 Å². The van der Waals surface area contributed by atoms with E-state index in [1.54, 1.807) is 7.11 Å². The Morgan fingerprint density at radius 1 is 1.11 bits per heavy atom. The van der Waals surface area contributed by atoms with Crippen LogP contribution in [0.2, 0.25) is 0 Å².